The molecule has 0 rings (SSSR count). The van der Waals surface area contributed by atoms with Crippen molar-refractivity contribution >= 4 is 13.8 Å². The molecule has 0 aliphatic carbocycles. The molecule has 8 nitrogen and oxygen atoms in total. The van der Waals surface area contributed by atoms with Crippen molar-refractivity contribution in [2.45, 2.75) is 200 Å². The van der Waals surface area contributed by atoms with E-state index in [4.69, 9.17) is 18.5 Å². The highest BCUT2D eigenvalue weighted by atomic mass is 31.2. The van der Waals surface area contributed by atoms with Crippen molar-refractivity contribution in [3.8, 4) is 0 Å². The number of phosphoric acid groups is 1. The van der Waals surface area contributed by atoms with E-state index in [-0.39, 0.29) is 25.8 Å². The maximum Gasteiger partial charge on any atom is 0.306 e. The average molecular weight is 798 g/mol. The number of hydrogen-bond donors (Lipinski definition) is 0. The van der Waals surface area contributed by atoms with E-state index in [1.54, 1.807) is 0 Å². The maximum absolute atomic E-state index is 12.7. The Balaban J connectivity index is 4.23. The molecule has 0 amide bonds. The smallest absolute Gasteiger partial charge is 0.306 e. The van der Waals surface area contributed by atoms with Gasteiger partial charge >= 0.3 is 5.97 Å². The second-order valence-corrected chi connectivity index (χ2v) is 17.8. The fourth-order valence-corrected chi connectivity index (χ4v) is 6.83. The van der Waals surface area contributed by atoms with E-state index >= 15 is 0 Å². The molecule has 0 saturated carbocycles. The van der Waals surface area contributed by atoms with Crippen LogP contribution in [0.5, 0.6) is 0 Å². The van der Waals surface area contributed by atoms with Crippen molar-refractivity contribution < 1.29 is 37.3 Å². The highest BCUT2D eigenvalue weighted by Gasteiger charge is 2.20. The number of ether oxygens (including phenoxy) is 2. The number of hydrogen-bond acceptors (Lipinski definition) is 7. The molecule has 324 valence electrons. The maximum atomic E-state index is 12.7. The van der Waals surface area contributed by atoms with Crippen LogP contribution in [0.1, 0.15) is 194 Å². The summed E-state index contributed by atoms with van der Waals surface area (Å²) in [5.74, 6) is -0.345. The molecule has 0 aliphatic heterocycles. The van der Waals surface area contributed by atoms with Crippen LogP contribution in [0.3, 0.4) is 0 Å². The zero-order valence-corrected chi connectivity index (χ0v) is 37.5. The number of esters is 1. The molecular formula is C46H88NO7P. The predicted octanol–water partition coefficient (Wildman–Crippen LogP) is 12.8. The fraction of sp³-hybridized carbons (Fsp3) is 0.848. The van der Waals surface area contributed by atoms with E-state index in [0.717, 1.165) is 51.4 Å². The molecule has 9 heteroatoms. The lowest BCUT2D eigenvalue weighted by Gasteiger charge is -2.28. The molecule has 2 unspecified atom stereocenters. The minimum absolute atomic E-state index is 0.0232. The molecule has 0 N–H and O–H groups in total. The van der Waals surface area contributed by atoms with Gasteiger partial charge in [-0.2, -0.15) is 0 Å². The van der Waals surface area contributed by atoms with Crippen LogP contribution in [0.2, 0.25) is 0 Å². The molecule has 0 aromatic carbocycles. The summed E-state index contributed by atoms with van der Waals surface area (Å²) in [5, 5.41) is 0. The van der Waals surface area contributed by atoms with Crippen LogP contribution in [-0.4, -0.2) is 70.7 Å². The number of quaternary nitrogens is 1. The van der Waals surface area contributed by atoms with Gasteiger partial charge in [0.1, 0.15) is 19.3 Å². The molecule has 0 fully saturated rings. The van der Waals surface area contributed by atoms with Gasteiger partial charge in [-0.3, -0.25) is 9.36 Å². The van der Waals surface area contributed by atoms with Crippen LogP contribution >= 0.6 is 7.82 Å². The predicted molar refractivity (Wildman–Crippen MR) is 231 cm³/mol. The molecule has 0 spiro atoms. The second-order valence-electron chi connectivity index (χ2n) is 16.4. The highest BCUT2D eigenvalue weighted by Crippen LogP contribution is 2.38. The van der Waals surface area contributed by atoms with Gasteiger partial charge in [-0.05, 0) is 70.6 Å². The molecule has 55 heavy (non-hydrogen) atoms. The number of likely N-dealkylation sites (N-methyl/N-ethyl adjacent to an activating group) is 1. The lowest BCUT2D eigenvalue weighted by atomic mass is 10.1. The summed E-state index contributed by atoms with van der Waals surface area (Å²) in [7, 11) is 1.35. The Kier molecular flexibility index (Phi) is 38.6. The van der Waals surface area contributed by atoms with Crippen LogP contribution in [-0.2, 0) is 27.9 Å². The first-order chi connectivity index (χ1) is 26.6. The Morgan fingerprint density at radius 3 is 1.53 bits per heavy atom. The Bertz CT molecular complexity index is 978. The van der Waals surface area contributed by atoms with E-state index in [2.05, 4.69) is 50.3 Å². The molecule has 0 aliphatic rings. The topological polar surface area (TPSA) is 94.1 Å². The van der Waals surface area contributed by atoms with Gasteiger partial charge in [-0.25, -0.2) is 0 Å². The first-order valence-electron chi connectivity index (χ1n) is 22.7. The van der Waals surface area contributed by atoms with Gasteiger partial charge in [0.05, 0.1) is 34.4 Å². The van der Waals surface area contributed by atoms with Gasteiger partial charge in [-0.15, -0.1) is 0 Å². The second kappa shape index (κ2) is 39.5. The number of allylic oxidation sites excluding steroid dienone is 6. The van der Waals surface area contributed by atoms with Crippen LogP contribution in [0, 0.1) is 0 Å². The first kappa shape index (κ1) is 53.7. The molecule has 2 atom stereocenters. The first-order valence-corrected chi connectivity index (χ1v) is 24.2. The summed E-state index contributed by atoms with van der Waals surface area (Å²) in [6.07, 6.45) is 45.8. The Hall–Kier alpha value is -1.28. The van der Waals surface area contributed by atoms with E-state index in [1.165, 1.54) is 122 Å². The lowest BCUT2D eigenvalue weighted by Crippen LogP contribution is -2.37. The van der Waals surface area contributed by atoms with Gasteiger partial charge in [0.2, 0.25) is 0 Å². The van der Waals surface area contributed by atoms with Crippen molar-refractivity contribution in [1.82, 2.24) is 0 Å². The van der Waals surface area contributed by atoms with Crippen molar-refractivity contribution in [2.24, 2.45) is 0 Å². The minimum Gasteiger partial charge on any atom is -0.756 e. The van der Waals surface area contributed by atoms with Gasteiger partial charge < -0.3 is 27.9 Å². The zero-order valence-electron chi connectivity index (χ0n) is 36.6. The highest BCUT2D eigenvalue weighted by molar-refractivity contribution is 7.45. The van der Waals surface area contributed by atoms with Gasteiger partial charge in [0.15, 0.2) is 0 Å². The minimum atomic E-state index is -4.53. The van der Waals surface area contributed by atoms with E-state index in [9.17, 15) is 14.3 Å². The Morgan fingerprint density at radius 1 is 0.564 bits per heavy atom. The summed E-state index contributed by atoms with van der Waals surface area (Å²) in [5.41, 5.74) is 0. The monoisotopic (exact) mass is 798 g/mol. The van der Waals surface area contributed by atoms with E-state index < -0.39 is 13.9 Å². The summed E-state index contributed by atoms with van der Waals surface area (Å²) in [6.45, 7) is 5.37. The normalized spacial score (nSPS) is 14.1. The van der Waals surface area contributed by atoms with Gasteiger partial charge in [0, 0.05) is 13.0 Å². The SMILES string of the molecule is CCCCC/C=C\C/C=C\CCCCCCCCCCOCC(COP(=O)([O-])OCC[N+](C)(C)C)OC(=O)CCCCCCC/C=C\CCCCCCCC. The van der Waals surface area contributed by atoms with Crippen LogP contribution in [0.15, 0.2) is 36.5 Å². The van der Waals surface area contributed by atoms with Crippen molar-refractivity contribution in [1.29, 1.82) is 0 Å². The number of phosphoric ester groups is 1. The third-order valence-electron chi connectivity index (χ3n) is 9.66. The molecule has 0 aromatic heterocycles. The number of nitrogens with zero attached hydrogens (tertiary/aromatic N) is 1. The molecule has 0 radical (unpaired) electrons. The molecule has 0 heterocycles. The number of carbonyl (C=O) groups excluding carboxylic acids is 1. The number of rotatable bonds is 42. The van der Waals surface area contributed by atoms with Crippen LogP contribution in [0.4, 0.5) is 0 Å². The van der Waals surface area contributed by atoms with Crippen LogP contribution < -0.4 is 4.89 Å². The van der Waals surface area contributed by atoms with Crippen molar-refractivity contribution in [2.75, 3.05) is 54.1 Å². The fourth-order valence-electron chi connectivity index (χ4n) is 6.10. The summed E-state index contributed by atoms with van der Waals surface area (Å²) in [4.78, 5) is 25.1. The van der Waals surface area contributed by atoms with Gasteiger partial charge in [-0.1, -0.05) is 153 Å². The summed E-state index contributed by atoms with van der Waals surface area (Å²) in [6, 6.07) is 0. The Morgan fingerprint density at radius 2 is 1.00 bits per heavy atom. The number of unbranched alkanes of at least 4 members (excludes halogenated alkanes) is 22. The summed E-state index contributed by atoms with van der Waals surface area (Å²) < 4.78 is 34.6. The van der Waals surface area contributed by atoms with Crippen molar-refractivity contribution in [3.05, 3.63) is 36.5 Å². The third kappa shape index (κ3) is 43.7. The van der Waals surface area contributed by atoms with Gasteiger partial charge in [0.25, 0.3) is 7.82 Å². The zero-order chi connectivity index (χ0) is 40.6. The van der Waals surface area contributed by atoms with E-state index in [1.807, 2.05) is 21.1 Å². The lowest BCUT2D eigenvalue weighted by molar-refractivity contribution is -0.870. The molecule has 0 saturated heterocycles. The van der Waals surface area contributed by atoms with Crippen LogP contribution in [0.25, 0.3) is 0 Å². The standard InChI is InChI=1S/C46H88NO7P/c1-6-8-10-12-14-16-18-20-22-23-24-26-28-30-32-34-36-38-41-51-43-45(44-53-55(49,50)52-42-40-47(3,4)5)54-46(48)39-37-35-33-31-29-27-25-21-19-17-15-13-11-9-7-2/h14,16,20-22,25,45H,6-13,15,17-19,23-24,26-44H2,1-5H3/b16-14-,22-20-,25-21-. The quantitative estimate of drug-likeness (QED) is 0.0200. The average Bonchev–Trinajstić information content (AvgIpc) is 3.13. The Labute approximate surface area is 340 Å². The summed E-state index contributed by atoms with van der Waals surface area (Å²) >= 11 is 0. The largest absolute Gasteiger partial charge is 0.756 e. The molecular weight excluding hydrogens is 709 g/mol. The van der Waals surface area contributed by atoms with E-state index in [0.29, 0.717) is 24.1 Å². The molecule has 0 aromatic rings. The molecule has 0 bridgehead atoms. The third-order valence-corrected chi connectivity index (χ3v) is 10.6. The van der Waals surface area contributed by atoms with Crippen molar-refractivity contribution in [3.63, 3.8) is 0 Å². The number of carbonyl (C=O) groups is 1.